The van der Waals surface area contributed by atoms with E-state index >= 15 is 0 Å². The van der Waals surface area contributed by atoms with Crippen molar-refractivity contribution in [2.45, 2.75) is 50.8 Å². The first-order valence-electron chi connectivity index (χ1n) is 6.60. The molecule has 2 bridgehead atoms. The first-order valence-corrected chi connectivity index (χ1v) is 6.60. The number of nitrogens with zero attached hydrogens (tertiary/aromatic N) is 2. The highest BCUT2D eigenvalue weighted by Gasteiger charge is 2.42. The number of carbonyl (C=O) groups is 1. The lowest BCUT2D eigenvalue weighted by atomic mass is 9.99. The highest BCUT2D eigenvalue weighted by atomic mass is 16.5. The average Bonchev–Trinajstić information content (AvgIpc) is 2.63. The van der Waals surface area contributed by atoms with Gasteiger partial charge in [-0.25, -0.2) is 4.98 Å². The molecule has 3 heterocycles. The summed E-state index contributed by atoms with van der Waals surface area (Å²) in [7, 11) is 0. The number of rotatable bonds is 2. The molecule has 2 unspecified atom stereocenters. The predicted octanol–water partition coefficient (Wildman–Crippen LogP) is 2.00. The van der Waals surface area contributed by atoms with Gasteiger partial charge in [0.15, 0.2) is 0 Å². The van der Waals surface area contributed by atoms with E-state index in [1.54, 1.807) is 13.1 Å². The number of fused-ring (bicyclic) bond motifs is 2. The molecule has 4 heteroatoms. The van der Waals surface area contributed by atoms with Crippen LogP contribution in [0, 0.1) is 0 Å². The third-order valence-corrected chi connectivity index (χ3v) is 3.98. The third kappa shape index (κ3) is 2.07. The number of amides is 1. The van der Waals surface area contributed by atoms with Crippen LogP contribution in [0.4, 0.5) is 0 Å². The Morgan fingerprint density at radius 3 is 2.61 bits per heavy atom. The van der Waals surface area contributed by atoms with Gasteiger partial charge in [0.2, 0.25) is 11.8 Å². The molecule has 0 saturated carbocycles. The first kappa shape index (κ1) is 11.5. The molecule has 2 fully saturated rings. The number of hydrogen-bond donors (Lipinski definition) is 0. The van der Waals surface area contributed by atoms with Crippen molar-refractivity contribution >= 4 is 5.91 Å². The van der Waals surface area contributed by atoms with Crippen molar-refractivity contribution in [3.8, 4) is 5.88 Å². The van der Waals surface area contributed by atoms with Crippen molar-refractivity contribution in [2.75, 3.05) is 0 Å². The zero-order chi connectivity index (χ0) is 12.5. The molecular formula is C14H18N2O2. The third-order valence-electron chi connectivity index (χ3n) is 3.98. The van der Waals surface area contributed by atoms with Crippen LogP contribution in [-0.4, -0.2) is 34.0 Å². The summed E-state index contributed by atoms with van der Waals surface area (Å²) in [5.41, 5.74) is 0. The quantitative estimate of drug-likeness (QED) is 0.801. The standard InChI is InChI=1S/C14H18N2O2/c1-10(17)16-11-5-6-12(16)9-13(8-11)18-14-4-2-3-7-15-14/h2-4,7,11-13H,5-6,8-9H2,1H3. The van der Waals surface area contributed by atoms with Crippen LogP contribution < -0.4 is 4.74 Å². The summed E-state index contributed by atoms with van der Waals surface area (Å²) >= 11 is 0. The topological polar surface area (TPSA) is 42.4 Å². The maximum absolute atomic E-state index is 11.6. The molecule has 0 aromatic carbocycles. The predicted molar refractivity (Wildman–Crippen MR) is 67.2 cm³/mol. The summed E-state index contributed by atoms with van der Waals surface area (Å²) in [5.74, 6) is 0.900. The molecule has 4 nitrogen and oxygen atoms in total. The Labute approximate surface area is 107 Å². The van der Waals surface area contributed by atoms with E-state index in [2.05, 4.69) is 9.88 Å². The van der Waals surface area contributed by atoms with Crippen LogP contribution in [0.2, 0.25) is 0 Å². The molecule has 0 radical (unpaired) electrons. The molecule has 1 aromatic heterocycles. The van der Waals surface area contributed by atoms with Gasteiger partial charge in [0.05, 0.1) is 0 Å². The van der Waals surface area contributed by atoms with E-state index in [1.807, 2.05) is 18.2 Å². The van der Waals surface area contributed by atoms with E-state index in [-0.39, 0.29) is 12.0 Å². The van der Waals surface area contributed by atoms with Crippen molar-refractivity contribution in [1.82, 2.24) is 9.88 Å². The molecule has 1 amide bonds. The lowest BCUT2D eigenvalue weighted by molar-refractivity contribution is -0.134. The fourth-order valence-corrected chi connectivity index (χ4v) is 3.33. The number of aromatic nitrogens is 1. The number of hydrogen-bond acceptors (Lipinski definition) is 3. The lowest BCUT2D eigenvalue weighted by Crippen LogP contribution is -2.48. The van der Waals surface area contributed by atoms with Crippen LogP contribution in [0.5, 0.6) is 5.88 Å². The number of carbonyl (C=O) groups excluding carboxylic acids is 1. The molecule has 1 aromatic rings. The van der Waals surface area contributed by atoms with E-state index in [4.69, 9.17) is 4.74 Å². The molecule has 18 heavy (non-hydrogen) atoms. The Morgan fingerprint density at radius 2 is 2.06 bits per heavy atom. The summed E-state index contributed by atoms with van der Waals surface area (Å²) in [5, 5.41) is 0. The lowest BCUT2D eigenvalue weighted by Gasteiger charge is -2.38. The van der Waals surface area contributed by atoms with Gasteiger partial charge in [-0.2, -0.15) is 0 Å². The van der Waals surface area contributed by atoms with Crippen LogP contribution in [0.1, 0.15) is 32.6 Å². The molecular weight excluding hydrogens is 228 g/mol. The van der Waals surface area contributed by atoms with Crippen LogP contribution in [-0.2, 0) is 4.79 Å². The van der Waals surface area contributed by atoms with Crippen molar-refractivity contribution in [2.24, 2.45) is 0 Å². The summed E-state index contributed by atoms with van der Waals surface area (Å²) in [6, 6.07) is 6.44. The molecule has 96 valence electrons. The van der Waals surface area contributed by atoms with Crippen molar-refractivity contribution in [1.29, 1.82) is 0 Å². The van der Waals surface area contributed by atoms with E-state index < -0.39 is 0 Å². The molecule has 2 atom stereocenters. The zero-order valence-electron chi connectivity index (χ0n) is 10.6. The fraction of sp³-hybridized carbons (Fsp3) is 0.571. The summed E-state index contributed by atoms with van der Waals surface area (Å²) < 4.78 is 5.92. The van der Waals surface area contributed by atoms with Gasteiger partial charge in [-0.05, 0) is 18.9 Å². The van der Waals surface area contributed by atoms with Crippen molar-refractivity contribution < 1.29 is 9.53 Å². The molecule has 2 saturated heterocycles. The Morgan fingerprint density at radius 1 is 1.33 bits per heavy atom. The fourth-order valence-electron chi connectivity index (χ4n) is 3.33. The second-order valence-electron chi connectivity index (χ2n) is 5.19. The normalized spacial score (nSPS) is 30.3. The highest BCUT2D eigenvalue weighted by Crippen LogP contribution is 2.36. The molecule has 2 aliphatic heterocycles. The maximum atomic E-state index is 11.6. The average molecular weight is 246 g/mol. The summed E-state index contributed by atoms with van der Waals surface area (Å²) in [4.78, 5) is 17.8. The number of piperidine rings is 1. The monoisotopic (exact) mass is 246 g/mol. The summed E-state index contributed by atoms with van der Waals surface area (Å²) in [6.45, 7) is 1.67. The van der Waals surface area contributed by atoms with Crippen LogP contribution in [0.3, 0.4) is 0 Å². The Hall–Kier alpha value is -1.58. The van der Waals surface area contributed by atoms with Gasteiger partial charge in [0.25, 0.3) is 0 Å². The largest absolute Gasteiger partial charge is 0.474 e. The Balaban J connectivity index is 1.67. The summed E-state index contributed by atoms with van der Waals surface area (Å²) in [6.07, 6.45) is 6.06. The molecule has 0 N–H and O–H groups in total. The smallest absolute Gasteiger partial charge is 0.219 e. The van der Waals surface area contributed by atoms with Crippen molar-refractivity contribution in [3.63, 3.8) is 0 Å². The van der Waals surface area contributed by atoms with Crippen molar-refractivity contribution in [3.05, 3.63) is 24.4 Å². The Bertz CT molecular complexity index is 421. The minimum absolute atomic E-state index is 0.202. The molecule has 0 spiro atoms. The first-order chi connectivity index (χ1) is 8.74. The van der Waals surface area contributed by atoms with Gasteiger partial charge >= 0.3 is 0 Å². The second kappa shape index (κ2) is 4.59. The van der Waals surface area contributed by atoms with Gasteiger partial charge < -0.3 is 9.64 Å². The van der Waals surface area contributed by atoms with E-state index in [0.717, 1.165) is 25.7 Å². The van der Waals surface area contributed by atoms with Gasteiger partial charge in [-0.1, -0.05) is 6.07 Å². The molecule has 0 aliphatic carbocycles. The highest BCUT2D eigenvalue weighted by molar-refractivity contribution is 5.74. The van der Waals surface area contributed by atoms with E-state index in [1.165, 1.54) is 0 Å². The number of ether oxygens (including phenoxy) is 1. The number of pyridine rings is 1. The van der Waals surface area contributed by atoms with Gasteiger partial charge in [0, 0.05) is 44.1 Å². The van der Waals surface area contributed by atoms with Gasteiger partial charge in [-0.3, -0.25) is 4.79 Å². The van der Waals surface area contributed by atoms with E-state index in [0.29, 0.717) is 18.0 Å². The van der Waals surface area contributed by atoms with E-state index in [9.17, 15) is 4.79 Å². The SMILES string of the molecule is CC(=O)N1C2CCC1CC(Oc1ccccn1)C2. The van der Waals surface area contributed by atoms with Gasteiger partial charge in [-0.15, -0.1) is 0 Å². The molecule has 2 aliphatic rings. The van der Waals surface area contributed by atoms with Crippen LogP contribution >= 0.6 is 0 Å². The second-order valence-corrected chi connectivity index (χ2v) is 5.19. The Kier molecular flexibility index (Phi) is 2.94. The van der Waals surface area contributed by atoms with Crippen LogP contribution in [0.25, 0.3) is 0 Å². The molecule has 3 rings (SSSR count). The maximum Gasteiger partial charge on any atom is 0.219 e. The minimum atomic E-state index is 0.202. The minimum Gasteiger partial charge on any atom is -0.474 e. The van der Waals surface area contributed by atoms with Crippen LogP contribution in [0.15, 0.2) is 24.4 Å². The van der Waals surface area contributed by atoms with Gasteiger partial charge in [0.1, 0.15) is 6.10 Å². The zero-order valence-corrected chi connectivity index (χ0v) is 10.6.